The molecule has 2 heterocycles. The average molecular weight is 293 g/mol. The van der Waals surface area contributed by atoms with Gasteiger partial charge in [0.05, 0.1) is 5.52 Å². The largest absolute Gasteiger partial charge is 0.342 e. The molecule has 1 aromatic carbocycles. The van der Waals surface area contributed by atoms with E-state index in [1.165, 1.54) is 22.0 Å². The Morgan fingerprint density at radius 3 is 2.76 bits per heavy atom. The summed E-state index contributed by atoms with van der Waals surface area (Å²) in [6, 6.07) is 16.5. The quantitative estimate of drug-likeness (QED) is 0.517. The standard InChI is InChI=1S/C18H13ClN2/c19-17-4-2-1-3-15(17)12-21-10-7-14-11-13-5-8-20-9-6-16(13)18(14)21/h1-11H,12H2. The van der Waals surface area contributed by atoms with Gasteiger partial charge in [0, 0.05) is 41.1 Å². The Labute approximate surface area is 128 Å². The fraction of sp³-hybridized carbons (Fsp3) is 0.0556. The van der Waals surface area contributed by atoms with Gasteiger partial charge in [-0.15, -0.1) is 0 Å². The summed E-state index contributed by atoms with van der Waals surface area (Å²) in [5.41, 5.74) is 4.80. The summed E-state index contributed by atoms with van der Waals surface area (Å²) in [6.45, 7) is 0.772. The zero-order valence-corrected chi connectivity index (χ0v) is 12.1. The molecule has 4 rings (SSSR count). The molecule has 0 atom stereocenters. The van der Waals surface area contributed by atoms with Crippen molar-refractivity contribution in [2.24, 2.45) is 0 Å². The van der Waals surface area contributed by atoms with Crippen LogP contribution < -0.4 is 0 Å². The van der Waals surface area contributed by atoms with Crippen molar-refractivity contribution in [1.82, 2.24) is 9.55 Å². The first-order valence-corrected chi connectivity index (χ1v) is 7.26. The molecule has 0 amide bonds. The van der Waals surface area contributed by atoms with Crippen molar-refractivity contribution in [2.75, 3.05) is 0 Å². The Bertz CT molecular complexity index is 895. The normalized spacial score (nSPS) is 11.3. The summed E-state index contributed by atoms with van der Waals surface area (Å²) >= 11 is 6.28. The van der Waals surface area contributed by atoms with Crippen LogP contribution in [0, 0.1) is 0 Å². The lowest BCUT2D eigenvalue weighted by Crippen LogP contribution is -1.98. The van der Waals surface area contributed by atoms with E-state index in [1.54, 1.807) is 0 Å². The van der Waals surface area contributed by atoms with Gasteiger partial charge >= 0.3 is 0 Å². The highest BCUT2D eigenvalue weighted by molar-refractivity contribution is 6.31. The highest BCUT2D eigenvalue weighted by Gasteiger charge is 2.13. The third-order valence-electron chi connectivity index (χ3n) is 3.84. The first kappa shape index (κ1) is 12.4. The highest BCUT2D eigenvalue weighted by Crippen LogP contribution is 2.34. The van der Waals surface area contributed by atoms with Gasteiger partial charge in [-0.05, 0) is 41.5 Å². The van der Waals surface area contributed by atoms with Gasteiger partial charge in [-0.25, -0.2) is 0 Å². The minimum absolute atomic E-state index is 0.772. The molecule has 0 fully saturated rings. The van der Waals surface area contributed by atoms with Crippen LogP contribution in [0.3, 0.4) is 0 Å². The molecule has 0 saturated heterocycles. The van der Waals surface area contributed by atoms with Crippen LogP contribution in [0.15, 0.2) is 67.1 Å². The lowest BCUT2D eigenvalue weighted by atomic mass is 10.2. The van der Waals surface area contributed by atoms with Gasteiger partial charge in [0.15, 0.2) is 0 Å². The Balaban J connectivity index is 1.88. The molecule has 0 saturated carbocycles. The molecular formula is C18H13ClN2. The van der Waals surface area contributed by atoms with Crippen molar-refractivity contribution >= 4 is 22.5 Å². The molecule has 1 aliphatic heterocycles. The van der Waals surface area contributed by atoms with E-state index in [0.717, 1.165) is 17.1 Å². The van der Waals surface area contributed by atoms with E-state index in [4.69, 9.17) is 11.6 Å². The summed E-state index contributed by atoms with van der Waals surface area (Å²) in [5.74, 6) is 0. The van der Waals surface area contributed by atoms with Crippen molar-refractivity contribution in [3.05, 3.63) is 77.7 Å². The van der Waals surface area contributed by atoms with Crippen LogP contribution in [0.4, 0.5) is 0 Å². The predicted molar refractivity (Wildman–Crippen MR) is 86.9 cm³/mol. The van der Waals surface area contributed by atoms with Gasteiger partial charge < -0.3 is 4.57 Å². The first-order valence-electron chi connectivity index (χ1n) is 6.88. The molecule has 0 unspecified atom stereocenters. The molecule has 21 heavy (non-hydrogen) atoms. The molecule has 1 aromatic heterocycles. The maximum absolute atomic E-state index is 6.28. The molecule has 2 aliphatic rings. The smallest absolute Gasteiger partial charge is 0.0563 e. The van der Waals surface area contributed by atoms with Crippen LogP contribution in [-0.2, 0) is 6.54 Å². The molecule has 2 aromatic rings. The molecular weight excluding hydrogens is 280 g/mol. The van der Waals surface area contributed by atoms with E-state index in [2.05, 4.69) is 46.1 Å². The number of hydrogen-bond acceptors (Lipinski definition) is 1. The second kappa shape index (κ2) is 4.90. The fourth-order valence-corrected chi connectivity index (χ4v) is 3.04. The third-order valence-corrected chi connectivity index (χ3v) is 4.21. The van der Waals surface area contributed by atoms with Crippen molar-refractivity contribution in [3.63, 3.8) is 0 Å². The first-order chi connectivity index (χ1) is 10.3. The topological polar surface area (TPSA) is 17.8 Å². The van der Waals surface area contributed by atoms with E-state index < -0.39 is 0 Å². The maximum atomic E-state index is 6.28. The molecule has 0 radical (unpaired) electrons. The van der Waals surface area contributed by atoms with Gasteiger partial charge in [0.1, 0.15) is 0 Å². The van der Waals surface area contributed by atoms with E-state index >= 15 is 0 Å². The fourth-order valence-electron chi connectivity index (χ4n) is 2.84. The van der Waals surface area contributed by atoms with E-state index in [9.17, 15) is 0 Å². The second-order valence-electron chi connectivity index (χ2n) is 5.13. The summed E-state index contributed by atoms with van der Waals surface area (Å²) < 4.78 is 2.25. The third kappa shape index (κ3) is 2.08. The van der Waals surface area contributed by atoms with Gasteiger partial charge in [-0.1, -0.05) is 29.8 Å². The molecule has 0 spiro atoms. The van der Waals surface area contributed by atoms with Crippen LogP contribution in [0.1, 0.15) is 5.56 Å². The molecule has 0 N–H and O–H groups in total. The van der Waals surface area contributed by atoms with E-state index in [1.807, 2.05) is 30.6 Å². The minimum atomic E-state index is 0.772. The predicted octanol–water partition coefficient (Wildman–Crippen LogP) is 4.84. The molecule has 2 nitrogen and oxygen atoms in total. The average Bonchev–Trinajstić information content (AvgIpc) is 2.94. The monoisotopic (exact) mass is 292 g/mol. The lowest BCUT2D eigenvalue weighted by Gasteiger charge is -2.08. The molecule has 102 valence electrons. The minimum Gasteiger partial charge on any atom is -0.342 e. The van der Waals surface area contributed by atoms with E-state index in [-0.39, 0.29) is 0 Å². The van der Waals surface area contributed by atoms with Crippen LogP contribution in [0.5, 0.6) is 0 Å². The van der Waals surface area contributed by atoms with Gasteiger partial charge in [0.2, 0.25) is 0 Å². The van der Waals surface area contributed by atoms with Crippen LogP contribution in [0.2, 0.25) is 5.02 Å². The SMILES string of the molecule is Clc1ccccc1Cn1ccc2cc3ccnccc-3c21. The summed E-state index contributed by atoms with van der Waals surface area (Å²) in [4.78, 5) is 4.19. The van der Waals surface area contributed by atoms with Crippen LogP contribution in [-0.4, -0.2) is 9.55 Å². The van der Waals surface area contributed by atoms with Crippen molar-refractivity contribution in [1.29, 1.82) is 0 Å². The zero-order valence-electron chi connectivity index (χ0n) is 11.3. The van der Waals surface area contributed by atoms with Crippen LogP contribution in [0.25, 0.3) is 22.0 Å². The Morgan fingerprint density at radius 2 is 1.86 bits per heavy atom. The van der Waals surface area contributed by atoms with Crippen molar-refractivity contribution in [2.45, 2.75) is 6.54 Å². The number of halogens is 1. The summed E-state index contributed by atoms with van der Waals surface area (Å²) in [7, 11) is 0. The number of aromatic nitrogens is 2. The molecule has 0 bridgehead atoms. The van der Waals surface area contributed by atoms with Crippen molar-refractivity contribution in [3.8, 4) is 11.1 Å². The zero-order chi connectivity index (χ0) is 14.2. The summed E-state index contributed by atoms with van der Waals surface area (Å²) in [6.07, 6.45) is 5.79. The van der Waals surface area contributed by atoms with E-state index in [0.29, 0.717) is 0 Å². The lowest BCUT2D eigenvalue weighted by molar-refractivity contribution is 0.838. The number of fused-ring (bicyclic) bond motifs is 3. The Kier molecular flexibility index (Phi) is 2.90. The highest BCUT2D eigenvalue weighted by atomic mass is 35.5. The van der Waals surface area contributed by atoms with Gasteiger partial charge in [-0.2, -0.15) is 0 Å². The number of rotatable bonds is 2. The van der Waals surface area contributed by atoms with Gasteiger partial charge in [-0.3, -0.25) is 4.98 Å². The molecule has 1 aliphatic carbocycles. The number of benzene rings is 1. The Hall–Kier alpha value is -2.32. The number of hydrogen-bond donors (Lipinski definition) is 0. The second-order valence-corrected chi connectivity index (χ2v) is 5.54. The Morgan fingerprint density at radius 1 is 1.00 bits per heavy atom. The summed E-state index contributed by atoms with van der Waals surface area (Å²) in [5, 5.41) is 2.06. The maximum Gasteiger partial charge on any atom is 0.0563 e. The number of nitrogens with zero attached hydrogens (tertiary/aromatic N) is 2. The van der Waals surface area contributed by atoms with Crippen LogP contribution >= 0.6 is 11.6 Å². The molecule has 3 heteroatoms. The van der Waals surface area contributed by atoms with Crippen molar-refractivity contribution < 1.29 is 0 Å². The van der Waals surface area contributed by atoms with Gasteiger partial charge in [0.25, 0.3) is 0 Å².